The van der Waals surface area contributed by atoms with E-state index in [4.69, 9.17) is 5.11 Å². The van der Waals surface area contributed by atoms with Crippen molar-refractivity contribution >= 4 is 21.8 Å². The minimum absolute atomic E-state index is 0.0102. The van der Waals surface area contributed by atoms with Gasteiger partial charge in [-0.3, -0.25) is 4.79 Å². The summed E-state index contributed by atoms with van der Waals surface area (Å²) in [5, 5.41) is 14.1. The summed E-state index contributed by atoms with van der Waals surface area (Å²) in [5.74, 6) is -0.581. The molecule has 1 aliphatic rings. The maximum atomic E-state index is 11.7. The molecule has 0 aromatic rings. The fraction of sp³-hybridized carbons (Fsp3) is 0.846. The number of aliphatic carboxylic acids is 1. The highest BCUT2D eigenvalue weighted by atomic mass is 32.2. The number of carboxylic acid groups (broad SMARTS) is 1. The molecule has 122 valence electrons. The molecule has 0 saturated carbocycles. The number of urea groups is 1. The number of hydrogen-bond acceptors (Lipinski definition) is 4. The SMILES string of the molecule is CC(C)CC(CNC(=O)NC1CCS(=O)(=O)C1)CC(=O)O. The summed E-state index contributed by atoms with van der Waals surface area (Å²) in [6.07, 6.45) is 1.15. The van der Waals surface area contributed by atoms with E-state index in [-0.39, 0.29) is 36.4 Å². The first-order chi connectivity index (χ1) is 9.68. The lowest BCUT2D eigenvalue weighted by molar-refractivity contribution is -0.138. The van der Waals surface area contributed by atoms with Crippen molar-refractivity contribution in [3.8, 4) is 0 Å². The van der Waals surface area contributed by atoms with Crippen molar-refractivity contribution < 1.29 is 23.1 Å². The standard InChI is InChI=1S/C13H24N2O5S/c1-9(2)5-10(6-12(16)17)7-14-13(18)15-11-3-4-21(19,20)8-11/h9-11H,3-8H2,1-2H3,(H,16,17)(H2,14,15,18). The minimum atomic E-state index is -3.02. The fourth-order valence-electron chi connectivity index (χ4n) is 2.53. The van der Waals surface area contributed by atoms with Gasteiger partial charge in [-0.1, -0.05) is 13.8 Å². The molecule has 0 bridgehead atoms. The van der Waals surface area contributed by atoms with Gasteiger partial charge in [-0.2, -0.15) is 0 Å². The zero-order valence-corrected chi connectivity index (χ0v) is 13.3. The molecule has 21 heavy (non-hydrogen) atoms. The maximum absolute atomic E-state index is 11.7. The zero-order valence-electron chi connectivity index (χ0n) is 12.5. The van der Waals surface area contributed by atoms with Gasteiger partial charge < -0.3 is 15.7 Å². The third-order valence-electron chi connectivity index (χ3n) is 3.39. The number of sulfone groups is 1. The summed E-state index contributed by atoms with van der Waals surface area (Å²) in [4.78, 5) is 22.5. The summed E-state index contributed by atoms with van der Waals surface area (Å²) < 4.78 is 22.6. The van der Waals surface area contributed by atoms with Gasteiger partial charge in [0.2, 0.25) is 0 Å². The van der Waals surface area contributed by atoms with E-state index >= 15 is 0 Å². The molecule has 7 nitrogen and oxygen atoms in total. The molecule has 1 fully saturated rings. The summed E-state index contributed by atoms with van der Waals surface area (Å²) >= 11 is 0. The third kappa shape index (κ3) is 7.31. The Hall–Kier alpha value is -1.31. The smallest absolute Gasteiger partial charge is 0.315 e. The second kappa shape index (κ2) is 7.63. The lowest BCUT2D eigenvalue weighted by atomic mass is 9.94. The van der Waals surface area contributed by atoms with E-state index in [0.717, 1.165) is 0 Å². The molecule has 0 aliphatic carbocycles. The molecule has 3 N–H and O–H groups in total. The Labute approximate surface area is 125 Å². The molecule has 2 atom stereocenters. The average Bonchev–Trinajstić information content (AvgIpc) is 2.64. The van der Waals surface area contributed by atoms with Crippen molar-refractivity contribution in [1.82, 2.24) is 10.6 Å². The van der Waals surface area contributed by atoms with Gasteiger partial charge in [0.1, 0.15) is 0 Å². The zero-order chi connectivity index (χ0) is 16.0. The quantitative estimate of drug-likeness (QED) is 0.636. The van der Waals surface area contributed by atoms with Gasteiger partial charge in [-0.25, -0.2) is 13.2 Å². The van der Waals surface area contributed by atoms with Crippen molar-refractivity contribution in [1.29, 1.82) is 0 Å². The van der Waals surface area contributed by atoms with Crippen LogP contribution in [0.25, 0.3) is 0 Å². The Morgan fingerprint density at radius 2 is 2.00 bits per heavy atom. The van der Waals surface area contributed by atoms with E-state index in [1.54, 1.807) is 0 Å². The molecular weight excluding hydrogens is 296 g/mol. The van der Waals surface area contributed by atoms with E-state index in [2.05, 4.69) is 10.6 Å². The van der Waals surface area contributed by atoms with Gasteiger partial charge >= 0.3 is 12.0 Å². The Kier molecular flexibility index (Phi) is 6.44. The number of hydrogen-bond donors (Lipinski definition) is 3. The highest BCUT2D eigenvalue weighted by Gasteiger charge is 2.29. The topological polar surface area (TPSA) is 113 Å². The van der Waals surface area contributed by atoms with Crippen LogP contribution in [0.15, 0.2) is 0 Å². The lowest BCUT2D eigenvalue weighted by Gasteiger charge is -2.19. The number of rotatable bonds is 7. The van der Waals surface area contributed by atoms with Crippen LogP contribution in [0.4, 0.5) is 4.79 Å². The Morgan fingerprint density at radius 3 is 2.48 bits per heavy atom. The minimum Gasteiger partial charge on any atom is -0.481 e. The molecule has 0 aromatic heterocycles. The molecule has 2 unspecified atom stereocenters. The first-order valence-electron chi connectivity index (χ1n) is 7.14. The number of amides is 2. The van der Waals surface area contributed by atoms with Gasteiger partial charge in [-0.15, -0.1) is 0 Å². The van der Waals surface area contributed by atoms with Crippen LogP contribution in [0.5, 0.6) is 0 Å². The van der Waals surface area contributed by atoms with Gasteiger partial charge in [0.15, 0.2) is 9.84 Å². The van der Waals surface area contributed by atoms with Crippen LogP contribution in [0, 0.1) is 11.8 Å². The Balaban J connectivity index is 2.37. The highest BCUT2D eigenvalue weighted by Crippen LogP contribution is 2.15. The van der Waals surface area contributed by atoms with Gasteiger partial charge in [0.05, 0.1) is 11.5 Å². The summed E-state index contributed by atoms with van der Waals surface area (Å²) in [6.45, 7) is 4.27. The molecule has 2 amide bonds. The normalized spacial score (nSPS) is 22.0. The van der Waals surface area contributed by atoms with Crippen LogP contribution in [0.2, 0.25) is 0 Å². The second-order valence-corrected chi connectivity index (χ2v) is 8.28. The largest absolute Gasteiger partial charge is 0.481 e. The molecule has 1 aliphatic heterocycles. The molecule has 0 radical (unpaired) electrons. The van der Waals surface area contributed by atoms with Crippen LogP contribution in [0.3, 0.4) is 0 Å². The molecule has 1 rings (SSSR count). The molecular formula is C13H24N2O5S. The number of nitrogens with one attached hydrogen (secondary N) is 2. The van der Waals surface area contributed by atoms with Gasteiger partial charge in [-0.05, 0) is 24.7 Å². The van der Waals surface area contributed by atoms with E-state index in [0.29, 0.717) is 18.8 Å². The predicted molar refractivity (Wildman–Crippen MR) is 78.8 cm³/mol. The Bertz CT molecular complexity index is 475. The first-order valence-corrected chi connectivity index (χ1v) is 8.96. The monoisotopic (exact) mass is 320 g/mol. The van der Waals surface area contributed by atoms with E-state index in [1.807, 2.05) is 13.8 Å². The van der Waals surface area contributed by atoms with E-state index in [9.17, 15) is 18.0 Å². The molecule has 1 heterocycles. The van der Waals surface area contributed by atoms with Gasteiger partial charge in [0, 0.05) is 19.0 Å². The molecule has 8 heteroatoms. The van der Waals surface area contributed by atoms with Crippen LogP contribution in [-0.2, 0) is 14.6 Å². The lowest BCUT2D eigenvalue weighted by Crippen LogP contribution is -2.44. The van der Waals surface area contributed by atoms with E-state index in [1.165, 1.54) is 0 Å². The van der Waals surface area contributed by atoms with Crippen LogP contribution >= 0.6 is 0 Å². The summed E-state index contributed by atoms with van der Waals surface area (Å²) in [7, 11) is -3.02. The maximum Gasteiger partial charge on any atom is 0.315 e. The van der Waals surface area contributed by atoms with Gasteiger partial charge in [0.25, 0.3) is 0 Å². The van der Waals surface area contributed by atoms with E-state index < -0.39 is 21.8 Å². The fourth-order valence-corrected chi connectivity index (χ4v) is 4.21. The average molecular weight is 320 g/mol. The number of carbonyl (C=O) groups excluding carboxylic acids is 1. The summed E-state index contributed by atoms with van der Waals surface area (Å²) in [5.41, 5.74) is 0. The highest BCUT2D eigenvalue weighted by molar-refractivity contribution is 7.91. The van der Waals surface area contributed by atoms with Crippen molar-refractivity contribution in [2.45, 2.75) is 39.2 Å². The van der Waals surface area contributed by atoms with Crippen molar-refractivity contribution in [2.75, 3.05) is 18.1 Å². The van der Waals surface area contributed by atoms with Crippen molar-refractivity contribution in [3.05, 3.63) is 0 Å². The number of carboxylic acids is 1. The first kappa shape index (κ1) is 17.7. The van der Waals surface area contributed by atoms with Crippen LogP contribution < -0.4 is 10.6 Å². The van der Waals surface area contributed by atoms with Crippen LogP contribution in [-0.4, -0.2) is 49.6 Å². The Morgan fingerprint density at radius 1 is 1.33 bits per heavy atom. The molecule has 1 saturated heterocycles. The van der Waals surface area contributed by atoms with Crippen molar-refractivity contribution in [2.24, 2.45) is 11.8 Å². The van der Waals surface area contributed by atoms with Crippen LogP contribution in [0.1, 0.15) is 33.1 Å². The predicted octanol–water partition coefficient (Wildman–Crippen LogP) is 0.610. The molecule has 0 aromatic carbocycles. The van der Waals surface area contributed by atoms with Crippen molar-refractivity contribution in [3.63, 3.8) is 0 Å². The number of carbonyl (C=O) groups is 2. The summed E-state index contributed by atoms with van der Waals surface area (Å²) in [6, 6.07) is -0.783. The third-order valence-corrected chi connectivity index (χ3v) is 5.15. The molecule has 0 spiro atoms. The second-order valence-electron chi connectivity index (χ2n) is 6.05.